The number of benzene rings is 3. The van der Waals surface area contributed by atoms with Gasteiger partial charge >= 0.3 is 6.03 Å². The molecular weight excluding hydrogens is 454 g/mol. The van der Waals surface area contributed by atoms with E-state index in [1.165, 1.54) is 0 Å². The number of aryl methyl sites for hydroxylation is 2. The lowest BCUT2D eigenvalue weighted by atomic mass is 9.78. The van der Waals surface area contributed by atoms with Gasteiger partial charge in [0.05, 0.1) is 13.2 Å². The van der Waals surface area contributed by atoms with Crippen molar-refractivity contribution in [2.75, 3.05) is 19.0 Å². The molecule has 3 aromatic rings. The Morgan fingerprint density at radius 3 is 2.61 bits per heavy atom. The number of hydrogen-bond donors (Lipinski definition) is 2. The van der Waals surface area contributed by atoms with Gasteiger partial charge in [-0.1, -0.05) is 60.2 Å². The van der Waals surface area contributed by atoms with E-state index in [0.717, 1.165) is 27.9 Å². The molecule has 186 valence electrons. The molecule has 0 spiro atoms. The first-order valence-corrected chi connectivity index (χ1v) is 12.2. The second kappa shape index (κ2) is 9.22. The third-order valence-corrected chi connectivity index (χ3v) is 7.23. The van der Waals surface area contributed by atoms with Crippen molar-refractivity contribution >= 4 is 17.6 Å². The number of rotatable bonds is 6. The topological polar surface area (TPSA) is 79.9 Å². The molecule has 7 heteroatoms. The summed E-state index contributed by atoms with van der Waals surface area (Å²) in [6.45, 7) is 6.20. The standard InChI is InChI=1S/C29H31N3O4/c1-18-13-14-22(19(2)17-18)30-27(33)24-25-21-11-8-12-23(35-4)26(21)36-29(24,3)32(28(34)31-25)16-15-20-9-6-5-7-10-20/h5-14,17,24-25H,15-16H2,1-4H3,(H,30,33)(H,31,34)/t24-,25+,29+/m0/s1. The van der Waals surface area contributed by atoms with Gasteiger partial charge in [-0.25, -0.2) is 4.79 Å². The summed E-state index contributed by atoms with van der Waals surface area (Å²) in [5.74, 6) is 0.197. The molecule has 2 aliphatic rings. The molecule has 0 radical (unpaired) electrons. The van der Waals surface area contributed by atoms with Crippen LogP contribution in [-0.2, 0) is 11.2 Å². The summed E-state index contributed by atoms with van der Waals surface area (Å²) in [5.41, 5.74) is 3.43. The van der Waals surface area contributed by atoms with Crippen molar-refractivity contribution in [2.24, 2.45) is 5.92 Å². The number of nitrogens with zero attached hydrogens (tertiary/aromatic N) is 1. The molecule has 0 saturated carbocycles. The van der Waals surface area contributed by atoms with Crippen molar-refractivity contribution in [3.05, 3.63) is 89.0 Å². The Kier molecular flexibility index (Phi) is 6.08. The molecule has 2 heterocycles. The Morgan fingerprint density at radius 2 is 1.89 bits per heavy atom. The average molecular weight is 486 g/mol. The van der Waals surface area contributed by atoms with Crippen molar-refractivity contribution in [2.45, 2.75) is 39.0 Å². The fourth-order valence-electron chi connectivity index (χ4n) is 5.37. The minimum atomic E-state index is -1.23. The van der Waals surface area contributed by atoms with Crippen LogP contribution >= 0.6 is 0 Å². The maximum absolute atomic E-state index is 13.9. The molecule has 1 saturated heterocycles. The number of fused-ring (bicyclic) bond motifs is 4. The van der Waals surface area contributed by atoms with E-state index in [0.29, 0.717) is 24.5 Å². The number of urea groups is 1. The van der Waals surface area contributed by atoms with Crippen molar-refractivity contribution in [3.63, 3.8) is 0 Å². The van der Waals surface area contributed by atoms with Crippen LogP contribution in [0.2, 0.25) is 0 Å². The van der Waals surface area contributed by atoms with E-state index in [2.05, 4.69) is 10.6 Å². The number of hydrogen-bond acceptors (Lipinski definition) is 4. The number of methoxy groups -OCH3 is 1. The number of nitrogens with one attached hydrogen (secondary N) is 2. The van der Waals surface area contributed by atoms with Crippen LogP contribution in [0.15, 0.2) is 66.7 Å². The molecule has 3 aromatic carbocycles. The average Bonchev–Trinajstić information content (AvgIpc) is 2.85. The van der Waals surface area contributed by atoms with Crippen molar-refractivity contribution in [3.8, 4) is 11.5 Å². The zero-order valence-electron chi connectivity index (χ0n) is 21.0. The molecule has 2 aliphatic heterocycles. The third-order valence-electron chi connectivity index (χ3n) is 7.23. The molecule has 0 aromatic heterocycles. The Morgan fingerprint density at radius 1 is 1.11 bits per heavy atom. The predicted molar refractivity (Wildman–Crippen MR) is 138 cm³/mol. The van der Waals surface area contributed by atoms with Crippen LogP contribution in [0.4, 0.5) is 10.5 Å². The zero-order chi connectivity index (χ0) is 25.4. The Balaban J connectivity index is 1.54. The number of ether oxygens (including phenoxy) is 2. The van der Waals surface area contributed by atoms with E-state index in [4.69, 9.17) is 9.47 Å². The van der Waals surface area contributed by atoms with Gasteiger partial charge < -0.3 is 20.1 Å². The lowest BCUT2D eigenvalue weighted by molar-refractivity contribution is -0.154. The van der Waals surface area contributed by atoms with Crippen molar-refractivity contribution in [1.29, 1.82) is 0 Å². The monoisotopic (exact) mass is 485 g/mol. The van der Waals surface area contributed by atoms with E-state index in [9.17, 15) is 9.59 Å². The normalized spacial score (nSPS) is 22.2. The summed E-state index contributed by atoms with van der Waals surface area (Å²) in [6, 6.07) is 20.6. The van der Waals surface area contributed by atoms with Gasteiger partial charge in [0.2, 0.25) is 5.91 Å². The van der Waals surface area contributed by atoms with Crippen molar-refractivity contribution < 1.29 is 19.1 Å². The predicted octanol–water partition coefficient (Wildman–Crippen LogP) is 4.98. The van der Waals surface area contributed by atoms with Gasteiger partial charge in [-0.15, -0.1) is 0 Å². The van der Waals surface area contributed by atoms with Gasteiger partial charge in [-0.2, -0.15) is 0 Å². The van der Waals surface area contributed by atoms with Gasteiger partial charge in [0.1, 0.15) is 5.92 Å². The SMILES string of the molecule is COc1cccc2c1O[C@]1(C)[C@H](C(=O)Nc3ccc(C)cc3C)[C@@H]2NC(=O)N1CCc1ccccc1. The van der Waals surface area contributed by atoms with Gasteiger partial charge in [0.15, 0.2) is 17.2 Å². The van der Waals surface area contributed by atoms with Gasteiger partial charge in [0, 0.05) is 17.8 Å². The first-order valence-electron chi connectivity index (χ1n) is 12.2. The second-order valence-corrected chi connectivity index (χ2v) is 9.64. The zero-order valence-corrected chi connectivity index (χ0v) is 21.0. The highest BCUT2D eigenvalue weighted by Gasteiger charge is 2.60. The molecule has 3 atom stereocenters. The summed E-state index contributed by atoms with van der Waals surface area (Å²) in [7, 11) is 1.59. The summed E-state index contributed by atoms with van der Waals surface area (Å²) in [4.78, 5) is 28.9. The minimum Gasteiger partial charge on any atom is -0.493 e. The molecule has 0 aliphatic carbocycles. The summed E-state index contributed by atoms with van der Waals surface area (Å²) >= 11 is 0. The number of amides is 3. The van der Waals surface area contributed by atoms with Crippen LogP contribution in [0.1, 0.15) is 35.2 Å². The van der Waals surface area contributed by atoms with Gasteiger partial charge in [-0.3, -0.25) is 9.69 Å². The maximum atomic E-state index is 13.9. The number of carbonyl (C=O) groups excluding carboxylic acids is 2. The van der Waals surface area contributed by atoms with Gasteiger partial charge in [0.25, 0.3) is 0 Å². The smallest absolute Gasteiger partial charge is 0.321 e. The van der Waals surface area contributed by atoms with E-state index in [1.54, 1.807) is 12.0 Å². The second-order valence-electron chi connectivity index (χ2n) is 9.64. The molecule has 0 unspecified atom stereocenters. The van der Waals surface area contributed by atoms with Crippen LogP contribution in [0.25, 0.3) is 0 Å². The van der Waals surface area contributed by atoms with Crippen LogP contribution in [-0.4, -0.2) is 36.2 Å². The Labute approximate surface area is 211 Å². The highest BCUT2D eigenvalue weighted by Crippen LogP contribution is 2.51. The molecule has 3 amide bonds. The maximum Gasteiger partial charge on any atom is 0.321 e. The summed E-state index contributed by atoms with van der Waals surface area (Å²) in [5, 5.41) is 6.20. The van der Waals surface area contributed by atoms with Gasteiger partial charge in [-0.05, 0) is 50.5 Å². The van der Waals surface area contributed by atoms with E-state index in [-0.39, 0.29) is 11.9 Å². The Hall–Kier alpha value is -4.00. The number of anilines is 1. The lowest BCUT2D eigenvalue weighted by Crippen LogP contribution is -2.72. The quantitative estimate of drug-likeness (QED) is 0.516. The molecule has 7 nitrogen and oxygen atoms in total. The lowest BCUT2D eigenvalue weighted by Gasteiger charge is -2.54. The molecule has 1 fully saturated rings. The highest BCUT2D eigenvalue weighted by molar-refractivity contribution is 5.96. The minimum absolute atomic E-state index is 0.215. The molecule has 5 rings (SSSR count). The van der Waals surface area contributed by atoms with Crippen LogP contribution in [0.5, 0.6) is 11.5 Å². The van der Waals surface area contributed by atoms with Crippen LogP contribution in [0, 0.1) is 19.8 Å². The number of para-hydroxylation sites is 1. The molecular formula is C29H31N3O4. The highest BCUT2D eigenvalue weighted by atomic mass is 16.5. The summed E-state index contributed by atoms with van der Waals surface area (Å²) < 4.78 is 12.2. The first kappa shape index (κ1) is 23.7. The molecule has 2 bridgehead atoms. The molecule has 2 N–H and O–H groups in total. The van der Waals surface area contributed by atoms with E-state index in [1.807, 2.05) is 87.5 Å². The van der Waals surface area contributed by atoms with Crippen LogP contribution in [0.3, 0.4) is 0 Å². The van der Waals surface area contributed by atoms with Crippen molar-refractivity contribution in [1.82, 2.24) is 10.2 Å². The fraction of sp³-hybridized carbons (Fsp3) is 0.310. The number of carbonyl (C=O) groups is 2. The largest absolute Gasteiger partial charge is 0.493 e. The fourth-order valence-corrected chi connectivity index (χ4v) is 5.37. The first-order chi connectivity index (χ1) is 17.3. The van der Waals surface area contributed by atoms with E-state index >= 15 is 0 Å². The third kappa shape index (κ3) is 4.04. The summed E-state index contributed by atoms with van der Waals surface area (Å²) in [6.07, 6.45) is 0.627. The van der Waals surface area contributed by atoms with Crippen LogP contribution < -0.4 is 20.1 Å². The Bertz CT molecular complexity index is 1310. The molecule has 36 heavy (non-hydrogen) atoms. The van der Waals surface area contributed by atoms with E-state index < -0.39 is 17.7 Å².